The first-order chi connectivity index (χ1) is 5.52. The van der Waals surface area contributed by atoms with E-state index in [4.69, 9.17) is 16.4 Å². The third-order valence-electron chi connectivity index (χ3n) is 1.49. The second kappa shape index (κ2) is 5.96. The van der Waals surface area contributed by atoms with Crippen molar-refractivity contribution in [2.24, 2.45) is 0 Å². The summed E-state index contributed by atoms with van der Waals surface area (Å²) in [6.07, 6.45) is -3.19. The lowest BCUT2D eigenvalue weighted by Gasteiger charge is -2.06. The first kappa shape index (κ1) is 14.9. The molecule has 0 atom stereocenters. The standard InChI is InChI=1S/C6H6ClF3.CH2O.FH/c7-5-3-1-2-4(5)6(8,9)10;1-2;/h1-3H2;1H2;1H. The molecule has 0 spiro atoms. The van der Waals surface area contributed by atoms with E-state index in [0.29, 0.717) is 12.8 Å². The van der Waals surface area contributed by atoms with E-state index in [2.05, 4.69) is 0 Å². The fourth-order valence-electron chi connectivity index (χ4n) is 1.00. The SMILES string of the molecule is C=O.F.FC(F)(F)C1=C(Cl)CCC1. The molecule has 13 heavy (non-hydrogen) atoms. The van der Waals surface area contributed by atoms with Crippen molar-refractivity contribution >= 4 is 18.4 Å². The molecule has 78 valence electrons. The van der Waals surface area contributed by atoms with Gasteiger partial charge in [0.15, 0.2) is 0 Å². The minimum atomic E-state index is -4.20. The highest BCUT2D eigenvalue weighted by atomic mass is 35.5. The average Bonchev–Trinajstić information content (AvgIpc) is 2.38. The first-order valence-corrected chi connectivity index (χ1v) is 3.63. The van der Waals surface area contributed by atoms with E-state index in [9.17, 15) is 13.2 Å². The highest BCUT2D eigenvalue weighted by Gasteiger charge is 2.37. The molecule has 0 aromatic heterocycles. The lowest BCUT2D eigenvalue weighted by atomic mass is 10.2. The summed E-state index contributed by atoms with van der Waals surface area (Å²) in [5.41, 5.74) is -0.533. The number of carbonyl (C=O) groups excluding carboxylic acids is 1. The fourth-order valence-corrected chi connectivity index (χ4v) is 1.34. The number of carbonyl (C=O) groups is 1. The van der Waals surface area contributed by atoms with Crippen molar-refractivity contribution in [3.8, 4) is 0 Å². The van der Waals surface area contributed by atoms with Crippen molar-refractivity contribution in [1.29, 1.82) is 0 Å². The maximum Gasteiger partial charge on any atom is 0.413 e. The molecule has 0 aromatic rings. The normalized spacial score (nSPS) is 16.0. The Kier molecular flexibility index (Phi) is 6.84. The molecular formula is C7H9ClF4O. The highest BCUT2D eigenvalue weighted by Crippen LogP contribution is 2.39. The minimum absolute atomic E-state index is 0. The van der Waals surface area contributed by atoms with Crippen LogP contribution in [-0.4, -0.2) is 13.0 Å². The van der Waals surface area contributed by atoms with Crippen LogP contribution >= 0.6 is 11.6 Å². The van der Waals surface area contributed by atoms with Gasteiger partial charge in [0.05, 0.1) is 0 Å². The molecule has 1 aliphatic carbocycles. The monoisotopic (exact) mass is 220 g/mol. The number of halogens is 5. The zero-order valence-corrected chi connectivity index (χ0v) is 7.41. The fraction of sp³-hybridized carbons (Fsp3) is 0.571. The van der Waals surface area contributed by atoms with Gasteiger partial charge in [-0.3, -0.25) is 4.70 Å². The molecule has 0 saturated carbocycles. The maximum atomic E-state index is 11.9. The molecule has 0 saturated heterocycles. The van der Waals surface area contributed by atoms with Gasteiger partial charge >= 0.3 is 6.18 Å². The zero-order valence-electron chi connectivity index (χ0n) is 6.66. The van der Waals surface area contributed by atoms with E-state index >= 15 is 0 Å². The highest BCUT2D eigenvalue weighted by molar-refractivity contribution is 6.30. The molecular weight excluding hydrogens is 212 g/mol. The third-order valence-corrected chi connectivity index (χ3v) is 1.91. The predicted molar refractivity (Wildman–Crippen MR) is 42.4 cm³/mol. The van der Waals surface area contributed by atoms with Crippen molar-refractivity contribution in [2.45, 2.75) is 25.4 Å². The Morgan fingerprint density at radius 3 is 1.85 bits per heavy atom. The van der Waals surface area contributed by atoms with E-state index in [1.54, 1.807) is 0 Å². The van der Waals surface area contributed by atoms with Crippen LogP contribution in [0, 0.1) is 0 Å². The first-order valence-electron chi connectivity index (χ1n) is 3.25. The van der Waals surface area contributed by atoms with Crippen molar-refractivity contribution in [1.82, 2.24) is 0 Å². The molecule has 0 N–H and O–H groups in total. The van der Waals surface area contributed by atoms with Gasteiger partial charge in [-0.2, -0.15) is 13.2 Å². The Balaban J connectivity index is 0. The largest absolute Gasteiger partial charge is 0.413 e. The Morgan fingerprint density at radius 2 is 1.69 bits per heavy atom. The van der Waals surface area contributed by atoms with Gasteiger partial charge in [-0.05, 0) is 19.3 Å². The van der Waals surface area contributed by atoms with Crippen LogP contribution in [0.15, 0.2) is 10.6 Å². The quantitative estimate of drug-likeness (QED) is 0.573. The number of hydrogen-bond acceptors (Lipinski definition) is 1. The van der Waals surface area contributed by atoms with Crippen LogP contribution in [0.4, 0.5) is 17.9 Å². The minimum Gasteiger partial charge on any atom is -0.307 e. The van der Waals surface area contributed by atoms with E-state index < -0.39 is 11.7 Å². The molecule has 0 fully saturated rings. The zero-order chi connectivity index (χ0) is 9.78. The average molecular weight is 221 g/mol. The second-order valence-corrected chi connectivity index (χ2v) is 2.69. The Bertz CT molecular complexity index is 187. The Hall–Kier alpha value is -0.580. The summed E-state index contributed by atoms with van der Waals surface area (Å²) in [6.45, 7) is 2.00. The Morgan fingerprint density at radius 1 is 1.23 bits per heavy atom. The number of alkyl halides is 3. The molecule has 1 rings (SSSR count). The van der Waals surface area contributed by atoms with Gasteiger partial charge in [-0.25, -0.2) is 0 Å². The number of rotatable bonds is 0. The lowest BCUT2D eigenvalue weighted by molar-refractivity contribution is -0.0981. The van der Waals surface area contributed by atoms with Crippen LogP contribution in [0.1, 0.15) is 19.3 Å². The van der Waals surface area contributed by atoms with Crippen LogP contribution in [-0.2, 0) is 4.79 Å². The predicted octanol–water partition coefficient (Wildman–Crippen LogP) is 3.19. The summed E-state index contributed by atoms with van der Waals surface area (Å²) < 4.78 is 35.6. The van der Waals surface area contributed by atoms with E-state index in [1.165, 1.54) is 0 Å². The van der Waals surface area contributed by atoms with Gasteiger partial charge in [-0.15, -0.1) is 0 Å². The molecule has 0 bridgehead atoms. The van der Waals surface area contributed by atoms with Crippen molar-refractivity contribution in [3.63, 3.8) is 0 Å². The summed E-state index contributed by atoms with van der Waals surface area (Å²) in [7, 11) is 0. The summed E-state index contributed by atoms with van der Waals surface area (Å²) in [4.78, 5) is 8.00. The van der Waals surface area contributed by atoms with Crippen molar-refractivity contribution in [2.75, 3.05) is 0 Å². The van der Waals surface area contributed by atoms with Gasteiger partial charge < -0.3 is 4.79 Å². The van der Waals surface area contributed by atoms with Gasteiger partial charge in [0.1, 0.15) is 6.79 Å². The van der Waals surface area contributed by atoms with Crippen LogP contribution in [0.5, 0.6) is 0 Å². The maximum absolute atomic E-state index is 11.9. The van der Waals surface area contributed by atoms with Crippen LogP contribution in [0.3, 0.4) is 0 Å². The molecule has 0 aromatic carbocycles. The summed E-state index contributed by atoms with van der Waals surface area (Å²) in [5, 5.41) is -0.00694. The third kappa shape index (κ3) is 4.26. The number of hydrogen-bond donors (Lipinski definition) is 0. The molecule has 6 heteroatoms. The van der Waals surface area contributed by atoms with Crippen LogP contribution in [0.2, 0.25) is 0 Å². The van der Waals surface area contributed by atoms with Crippen LogP contribution < -0.4 is 0 Å². The van der Waals surface area contributed by atoms with Crippen molar-refractivity contribution < 1.29 is 22.7 Å². The second-order valence-electron chi connectivity index (χ2n) is 2.23. The van der Waals surface area contributed by atoms with E-state index in [0.717, 1.165) is 0 Å². The molecule has 0 unspecified atom stereocenters. The molecule has 0 amide bonds. The molecule has 0 heterocycles. The number of allylic oxidation sites excluding steroid dienone is 2. The van der Waals surface area contributed by atoms with E-state index in [-0.39, 0.29) is 16.2 Å². The Labute approximate surface area is 77.9 Å². The lowest BCUT2D eigenvalue weighted by Crippen LogP contribution is -2.10. The van der Waals surface area contributed by atoms with Gasteiger partial charge in [0.25, 0.3) is 0 Å². The smallest absolute Gasteiger partial charge is 0.307 e. The summed E-state index contributed by atoms with van der Waals surface area (Å²) in [6, 6.07) is 0. The summed E-state index contributed by atoms with van der Waals surface area (Å²) in [5.74, 6) is 0. The molecule has 1 nitrogen and oxygen atoms in total. The van der Waals surface area contributed by atoms with Gasteiger partial charge in [-0.1, -0.05) is 11.6 Å². The van der Waals surface area contributed by atoms with Crippen molar-refractivity contribution in [3.05, 3.63) is 10.6 Å². The summed E-state index contributed by atoms with van der Waals surface area (Å²) >= 11 is 5.32. The van der Waals surface area contributed by atoms with Gasteiger partial charge in [0.2, 0.25) is 0 Å². The molecule has 0 radical (unpaired) electrons. The molecule has 1 aliphatic rings. The van der Waals surface area contributed by atoms with Crippen LogP contribution in [0.25, 0.3) is 0 Å². The van der Waals surface area contributed by atoms with E-state index in [1.807, 2.05) is 6.79 Å². The molecule has 0 aliphatic heterocycles. The topological polar surface area (TPSA) is 17.1 Å². The van der Waals surface area contributed by atoms with Gasteiger partial charge in [0, 0.05) is 10.6 Å².